The fourth-order valence-corrected chi connectivity index (χ4v) is 4.01. The highest BCUT2D eigenvalue weighted by Gasteiger charge is 2.22. The van der Waals surface area contributed by atoms with Gasteiger partial charge < -0.3 is 24.7 Å². The summed E-state index contributed by atoms with van der Waals surface area (Å²) >= 11 is 0. The molecule has 29 heavy (non-hydrogen) atoms. The molecule has 0 bridgehead atoms. The molecule has 156 valence electrons. The quantitative estimate of drug-likeness (QED) is 0.808. The molecule has 0 unspecified atom stereocenters. The topological polar surface area (TPSA) is 40.2 Å². The van der Waals surface area contributed by atoms with Gasteiger partial charge in [0.2, 0.25) is 0 Å². The van der Waals surface area contributed by atoms with Gasteiger partial charge in [0, 0.05) is 39.3 Å². The summed E-state index contributed by atoms with van der Waals surface area (Å²) in [6.07, 6.45) is 2.32. The number of ether oxygens (including phenoxy) is 2. The molecule has 0 aromatic heterocycles. The maximum atomic E-state index is 6.11. The second-order valence-electron chi connectivity index (χ2n) is 7.91. The number of piperidine rings is 1. The lowest BCUT2D eigenvalue weighted by Gasteiger charge is -2.36. The Kier molecular flexibility index (Phi) is 6.42. The van der Waals surface area contributed by atoms with Crippen LogP contribution in [0, 0.1) is 0 Å². The van der Waals surface area contributed by atoms with E-state index in [0.29, 0.717) is 0 Å². The number of hydrogen-bond acceptors (Lipinski definition) is 6. The van der Waals surface area contributed by atoms with Gasteiger partial charge in [-0.3, -0.25) is 0 Å². The molecular weight excluding hydrogens is 364 g/mol. The molecule has 2 fully saturated rings. The zero-order valence-corrected chi connectivity index (χ0v) is 17.5. The van der Waals surface area contributed by atoms with Crippen LogP contribution in [0.2, 0.25) is 0 Å². The zero-order chi connectivity index (χ0) is 20.1. The van der Waals surface area contributed by atoms with Gasteiger partial charge in [0.25, 0.3) is 0 Å². The van der Waals surface area contributed by atoms with Crippen molar-refractivity contribution in [1.29, 1.82) is 0 Å². The lowest BCUT2D eigenvalue weighted by Crippen LogP contribution is -2.44. The average Bonchev–Trinajstić information content (AvgIpc) is 2.76. The van der Waals surface area contributed by atoms with E-state index in [2.05, 4.69) is 45.5 Å². The molecule has 6 nitrogen and oxygen atoms in total. The largest absolute Gasteiger partial charge is 0.495 e. The van der Waals surface area contributed by atoms with E-state index in [1.54, 1.807) is 7.11 Å². The Morgan fingerprint density at radius 2 is 1.62 bits per heavy atom. The molecule has 2 saturated heterocycles. The maximum Gasteiger partial charge on any atom is 0.142 e. The minimum Gasteiger partial charge on any atom is -0.495 e. The van der Waals surface area contributed by atoms with Gasteiger partial charge in [0.1, 0.15) is 17.6 Å². The van der Waals surface area contributed by atoms with Crippen molar-refractivity contribution in [2.75, 3.05) is 63.8 Å². The van der Waals surface area contributed by atoms with Crippen molar-refractivity contribution in [3.8, 4) is 11.5 Å². The van der Waals surface area contributed by atoms with Crippen LogP contribution in [0.5, 0.6) is 11.5 Å². The van der Waals surface area contributed by atoms with Gasteiger partial charge >= 0.3 is 0 Å². The molecule has 0 atom stereocenters. The average molecular weight is 397 g/mol. The second kappa shape index (κ2) is 9.37. The third-order valence-electron chi connectivity index (χ3n) is 5.80. The van der Waals surface area contributed by atoms with Crippen molar-refractivity contribution < 1.29 is 9.47 Å². The first-order chi connectivity index (χ1) is 14.2. The van der Waals surface area contributed by atoms with Crippen molar-refractivity contribution in [3.63, 3.8) is 0 Å². The minimum atomic E-state index is 0.284. The second-order valence-corrected chi connectivity index (χ2v) is 7.91. The molecule has 0 saturated carbocycles. The smallest absolute Gasteiger partial charge is 0.142 e. The molecule has 0 amide bonds. The number of nitrogens with one attached hydrogen (secondary N) is 1. The molecule has 0 aliphatic carbocycles. The number of likely N-dealkylation sites (N-methyl/N-ethyl adjacent to an activating group) is 1. The highest BCUT2D eigenvalue weighted by molar-refractivity contribution is 5.66. The zero-order valence-electron chi connectivity index (χ0n) is 17.5. The van der Waals surface area contributed by atoms with E-state index in [4.69, 9.17) is 9.47 Å². The Bertz CT molecular complexity index is 770. The molecule has 2 aliphatic heterocycles. The third kappa shape index (κ3) is 5.14. The first-order valence-corrected chi connectivity index (χ1v) is 10.6. The van der Waals surface area contributed by atoms with E-state index in [9.17, 15) is 0 Å². The van der Waals surface area contributed by atoms with Crippen LogP contribution in [0.25, 0.3) is 0 Å². The molecule has 2 aromatic carbocycles. The summed E-state index contributed by atoms with van der Waals surface area (Å²) < 4.78 is 11.7. The molecule has 0 spiro atoms. The maximum absolute atomic E-state index is 6.11. The summed E-state index contributed by atoms with van der Waals surface area (Å²) in [5.41, 5.74) is 5.88. The van der Waals surface area contributed by atoms with Gasteiger partial charge in [-0.25, -0.2) is 5.01 Å². The Labute approximate surface area is 174 Å². The van der Waals surface area contributed by atoms with Crippen molar-refractivity contribution in [3.05, 3.63) is 48.5 Å². The molecule has 2 aromatic rings. The van der Waals surface area contributed by atoms with Crippen molar-refractivity contribution in [2.24, 2.45) is 0 Å². The minimum absolute atomic E-state index is 0.284. The first-order valence-electron chi connectivity index (χ1n) is 10.6. The van der Waals surface area contributed by atoms with Crippen LogP contribution in [0.1, 0.15) is 12.8 Å². The molecule has 6 heteroatoms. The van der Waals surface area contributed by atoms with Gasteiger partial charge in [-0.05, 0) is 50.2 Å². The number of nitrogens with zero attached hydrogens (tertiary/aromatic N) is 3. The number of hydrogen-bond donors (Lipinski definition) is 1. The van der Waals surface area contributed by atoms with E-state index in [-0.39, 0.29) is 6.10 Å². The van der Waals surface area contributed by atoms with Crippen LogP contribution < -0.4 is 19.8 Å². The molecule has 0 radical (unpaired) electrons. The van der Waals surface area contributed by atoms with Crippen LogP contribution in [0.4, 0.5) is 11.4 Å². The number of piperazine rings is 1. The van der Waals surface area contributed by atoms with Gasteiger partial charge in [-0.2, -0.15) is 0 Å². The summed E-state index contributed by atoms with van der Waals surface area (Å²) in [6.45, 7) is 6.14. The van der Waals surface area contributed by atoms with E-state index < -0.39 is 0 Å². The monoisotopic (exact) mass is 396 g/mol. The fourth-order valence-electron chi connectivity index (χ4n) is 4.01. The number of hydrazine groups is 1. The summed E-state index contributed by atoms with van der Waals surface area (Å²) in [4.78, 5) is 4.79. The number of anilines is 2. The summed E-state index contributed by atoms with van der Waals surface area (Å²) in [7, 11) is 3.93. The van der Waals surface area contributed by atoms with Crippen molar-refractivity contribution >= 4 is 11.4 Å². The van der Waals surface area contributed by atoms with Crippen LogP contribution in [-0.2, 0) is 0 Å². The van der Waals surface area contributed by atoms with E-state index >= 15 is 0 Å². The third-order valence-corrected chi connectivity index (χ3v) is 5.80. The molecular formula is C23H32N4O2. The molecule has 4 rings (SSSR count). The number of para-hydroxylation sites is 1. The highest BCUT2D eigenvalue weighted by Crippen LogP contribution is 2.32. The van der Waals surface area contributed by atoms with Gasteiger partial charge in [0.05, 0.1) is 18.5 Å². The number of benzene rings is 2. The van der Waals surface area contributed by atoms with Crippen LogP contribution in [0.15, 0.2) is 48.5 Å². The SMILES string of the molecule is COc1ccc(NN2CCC(Oc3ccccc3)CC2)cc1N1CCN(C)CC1. The first kappa shape index (κ1) is 19.9. The van der Waals surface area contributed by atoms with E-state index in [1.165, 1.54) is 5.69 Å². The molecule has 2 aliphatic rings. The Balaban J connectivity index is 1.34. The molecule has 2 heterocycles. The predicted octanol–water partition coefficient (Wildman–Crippen LogP) is 3.32. The Morgan fingerprint density at radius 3 is 2.31 bits per heavy atom. The van der Waals surface area contributed by atoms with E-state index in [0.717, 1.165) is 69.3 Å². The van der Waals surface area contributed by atoms with Crippen molar-refractivity contribution in [1.82, 2.24) is 9.91 Å². The summed E-state index contributed by atoms with van der Waals surface area (Å²) in [5, 5.41) is 2.29. The van der Waals surface area contributed by atoms with Crippen molar-refractivity contribution in [2.45, 2.75) is 18.9 Å². The summed E-state index contributed by atoms with van der Waals surface area (Å²) in [5.74, 6) is 1.90. The van der Waals surface area contributed by atoms with Crippen LogP contribution in [0.3, 0.4) is 0 Å². The standard InChI is InChI=1S/C23H32N4O2/c1-25-14-16-26(17-15-25)22-18-19(8-9-23(22)28-2)24-27-12-10-21(11-13-27)29-20-6-4-3-5-7-20/h3-9,18,21,24H,10-17H2,1-2H3. The number of methoxy groups -OCH3 is 1. The summed E-state index contributed by atoms with van der Waals surface area (Å²) in [6, 6.07) is 16.5. The number of rotatable bonds is 6. The fraction of sp³-hybridized carbons (Fsp3) is 0.478. The van der Waals surface area contributed by atoms with E-state index in [1.807, 2.05) is 30.3 Å². The Morgan fingerprint density at radius 1 is 0.897 bits per heavy atom. The predicted molar refractivity (Wildman–Crippen MR) is 118 cm³/mol. The molecule has 1 N–H and O–H groups in total. The van der Waals surface area contributed by atoms with Gasteiger partial charge in [0.15, 0.2) is 0 Å². The van der Waals surface area contributed by atoms with Crippen LogP contribution >= 0.6 is 0 Å². The normalized spacial score (nSPS) is 19.2. The lowest BCUT2D eigenvalue weighted by atomic mass is 10.1. The van der Waals surface area contributed by atoms with Gasteiger partial charge in [-0.1, -0.05) is 18.2 Å². The lowest BCUT2D eigenvalue weighted by molar-refractivity contribution is 0.113. The Hall–Kier alpha value is -2.44. The van der Waals surface area contributed by atoms with Gasteiger partial charge in [-0.15, -0.1) is 0 Å². The highest BCUT2D eigenvalue weighted by atomic mass is 16.5. The van der Waals surface area contributed by atoms with Crippen LogP contribution in [-0.4, -0.2) is 69.4 Å².